The third-order valence-electron chi connectivity index (χ3n) is 9.02. The number of carbonyl (C=O) groups is 2. The Morgan fingerprint density at radius 2 is 1.66 bits per heavy atom. The van der Waals surface area contributed by atoms with Gasteiger partial charge in [-0.25, -0.2) is 9.78 Å². The summed E-state index contributed by atoms with van der Waals surface area (Å²) >= 11 is 1.57. The van der Waals surface area contributed by atoms with E-state index in [0.29, 0.717) is 29.1 Å². The minimum Gasteiger partial charge on any atom is -0.485 e. The van der Waals surface area contributed by atoms with E-state index >= 15 is 0 Å². The largest absolute Gasteiger partial charge is 0.485 e. The van der Waals surface area contributed by atoms with Crippen LogP contribution in [0.15, 0.2) is 60.7 Å². The maximum atomic E-state index is 13.8. The third-order valence-corrected chi connectivity index (χ3v) is 10.0. The molecule has 6 nitrogen and oxygen atoms in total. The summed E-state index contributed by atoms with van der Waals surface area (Å²) in [5.41, 5.74) is 0.933. The van der Waals surface area contributed by atoms with Crippen molar-refractivity contribution in [3.05, 3.63) is 71.2 Å². The highest BCUT2D eigenvalue weighted by molar-refractivity contribution is 7.18. The van der Waals surface area contributed by atoms with Gasteiger partial charge in [0.2, 0.25) is 0 Å². The number of hydrogen-bond donors (Lipinski definition) is 2. The van der Waals surface area contributed by atoms with Gasteiger partial charge in [-0.3, -0.25) is 4.79 Å². The molecule has 4 aliphatic carbocycles. The summed E-state index contributed by atoms with van der Waals surface area (Å²) < 4.78 is 7.40. The Bertz CT molecular complexity index is 1490. The molecule has 7 heteroatoms. The number of amides is 1. The van der Waals surface area contributed by atoms with Crippen LogP contribution in [0.25, 0.3) is 21.0 Å². The zero-order chi connectivity index (χ0) is 25.9. The summed E-state index contributed by atoms with van der Waals surface area (Å²) in [7, 11) is 0. The SMILES string of the molecule is O=C(NC(C(=O)O)C12CC3CC(CC(C3)C1)C2)c1ccc2ccccc2c1OCc1nc2ccccc2s1. The van der Waals surface area contributed by atoms with E-state index in [2.05, 4.69) is 10.3 Å². The molecule has 4 aliphatic rings. The van der Waals surface area contributed by atoms with Crippen LogP contribution in [-0.4, -0.2) is 28.0 Å². The van der Waals surface area contributed by atoms with Gasteiger partial charge in [0, 0.05) is 10.8 Å². The van der Waals surface area contributed by atoms with Crippen molar-refractivity contribution >= 4 is 44.2 Å². The normalized spacial score (nSPS) is 26.5. The number of fused-ring (bicyclic) bond motifs is 2. The Morgan fingerprint density at radius 3 is 2.37 bits per heavy atom. The Kier molecular flexibility index (Phi) is 5.65. The third kappa shape index (κ3) is 4.04. The second-order valence-electron chi connectivity index (χ2n) is 11.6. The fourth-order valence-corrected chi connectivity index (χ4v) is 8.79. The summed E-state index contributed by atoms with van der Waals surface area (Å²) in [5.74, 6) is 0.917. The van der Waals surface area contributed by atoms with Crippen molar-refractivity contribution in [1.82, 2.24) is 10.3 Å². The minimum absolute atomic E-state index is 0.227. The molecule has 3 aromatic carbocycles. The lowest BCUT2D eigenvalue weighted by Crippen LogP contribution is -2.59. The summed E-state index contributed by atoms with van der Waals surface area (Å²) in [5, 5.41) is 15.9. The average molecular weight is 527 g/mol. The Hall–Kier alpha value is -3.45. The van der Waals surface area contributed by atoms with Crippen LogP contribution in [0.2, 0.25) is 0 Å². The Balaban J connectivity index is 1.20. The number of para-hydroxylation sites is 1. The fourth-order valence-electron chi connectivity index (χ4n) is 7.91. The number of carboxylic acids is 1. The van der Waals surface area contributed by atoms with Gasteiger partial charge in [0.05, 0.1) is 15.8 Å². The molecule has 1 amide bonds. The highest BCUT2D eigenvalue weighted by Gasteiger charge is 2.56. The van der Waals surface area contributed by atoms with Crippen LogP contribution < -0.4 is 10.1 Å². The lowest BCUT2D eigenvalue weighted by Gasteiger charge is -2.58. The van der Waals surface area contributed by atoms with E-state index in [1.165, 1.54) is 19.3 Å². The monoisotopic (exact) mass is 526 g/mol. The summed E-state index contributed by atoms with van der Waals surface area (Å²) in [6.45, 7) is 0.227. The van der Waals surface area contributed by atoms with Crippen LogP contribution in [0, 0.1) is 23.2 Å². The molecule has 0 aliphatic heterocycles. The van der Waals surface area contributed by atoms with E-state index in [-0.39, 0.29) is 12.0 Å². The second kappa shape index (κ2) is 9.09. The molecule has 1 aromatic heterocycles. The highest BCUT2D eigenvalue weighted by atomic mass is 32.1. The molecule has 1 atom stereocenters. The van der Waals surface area contributed by atoms with Crippen molar-refractivity contribution in [2.24, 2.45) is 23.2 Å². The Morgan fingerprint density at radius 1 is 0.974 bits per heavy atom. The molecule has 0 saturated heterocycles. The molecule has 0 spiro atoms. The smallest absolute Gasteiger partial charge is 0.326 e. The maximum Gasteiger partial charge on any atom is 0.326 e. The average Bonchev–Trinajstić information content (AvgIpc) is 3.32. The second-order valence-corrected chi connectivity index (χ2v) is 12.7. The number of aliphatic carboxylic acids is 1. The van der Waals surface area contributed by atoms with Crippen LogP contribution in [0.5, 0.6) is 5.75 Å². The number of ether oxygens (including phenoxy) is 1. The lowest BCUT2D eigenvalue weighted by atomic mass is 9.47. The number of thiazole rings is 1. The van der Waals surface area contributed by atoms with Gasteiger partial charge in [-0.05, 0) is 79.9 Å². The molecule has 38 heavy (non-hydrogen) atoms. The highest BCUT2D eigenvalue weighted by Crippen LogP contribution is 2.61. The molecule has 4 saturated carbocycles. The van der Waals surface area contributed by atoms with Crippen molar-refractivity contribution in [3.63, 3.8) is 0 Å². The van der Waals surface area contributed by atoms with Crippen molar-refractivity contribution in [3.8, 4) is 5.75 Å². The van der Waals surface area contributed by atoms with Gasteiger partial charge in [-0.1, -0.05) is 42.5 Å². The van der Waals surface area contributed by atoms with Gasteiger partial charge in [0.15, 0.2) is 0 Å². The summed E-state index contributed by atoms with van der Waals surface area (Å²) in [6.07, 6.45) is 6.34. The number of nitrogens with one attached hydrogen (secondary N) is 1. The van der Waals surface area contributed by atoms with Crippen molar-refractivity contribution < 1.29 is 19.4 Å². The van der Waals surface area contributed by atoms with E-state index in [1.54, 1.807) is 17.4 Å². The van der Waals surface area contributed by atoms with Crippen LogP contribution in [0.1, 0.15) is 53.9 Å². The van der Waals surface area contributed by atoms with Crippen LogP contribution in [0.3, 0.4) is 0 Å². The van der Waals surface area contributed by atoms with Gasteiger partial charge in [0.1, 0.15) is 23.4 Å². The standard InChI is InChI=1S/C31H30N2O4S/c34-29(33-28(30(35)36)31-14-18-11-19(15-31)13-20(12-18)16-31)23-10-9-21-5-1-2-6-22(21)27(23)37-17-26-32-24-7-3-4-8-25(24)38-26/h1-10,18-20,28H,11-17H2,(H,33,34)(H,35,36). The number of rotatable bonds is 7. The molecule has 8 rings (SSSR count). The predicted octanol–water partition coefficient (Wildman–Crippen LogP) is 6.43. The molecule has 4 aromatic rings. The molecular weight excluding hydrogens is 496 g/mol. The van der Waals surface area contributed by atoms with E-state index < -0.39 is 17.9 Å². The predicted molar refractivity (Wildman–Crippen MR) is 147 cm³/mol. The molecule has 1 heterocycles. The van der Waals surface area contributed by atoms with Gasteiger partial charge in [-0.15, -0.1) is 11.3 Å². The van der Waals surface area contributed by atoms with Crippen molar-refractivity contribution in [2.75, 3.05) is 0 Å². The molecular formula is C31H30N2O4S. The van der Waals surface area contributed by atoms with Crippen molar-refractivity contribution in [2.45, 2.75) is 51.2 Å². The first-order valence-electron chi connectivity index (χ1n) is 13.5. The zero-order valence-corrected chi connectivity index (χ0v) is 21.9. The first kappa shape index (κ1) is 23.7. The van der Waals surface area contributed by atoms with Crippen LogP contribution in [0.4, 0.5) is 0 Å². The zero-order valence-electron chi connectivity index (χ0n) is 21.1. The molecule has 1 unspecified atom stereocenters. The lowest BCUT2D eigenvalue weighted by molar-refractivity contribution is -0.150. The van der Waals surface area contributed by atoms with E-state index in [9.17, 15) is 14.7 Å². The molecule has 194 valence electrons. The number of carboxylic acid groups (broad SMARTS) is 1. The number of hydrogen-bond acceptors (Lipinski definition) is 5. The molecule has 4 fully saturated rings. The van der Waals surface area contributed by atoms with Gasteiger partial charge in [-0.2, -0.15) is 0 Å². The molecule has 0 radical (unpaired) electrons. The molecule has 4 bridgehead atoms. The van der Waals surface area contributed by atoms with Gasteiger partial charge >= 0.3 is 5.97 Å². The minimum atomic E-state index is -0.932. The van der Waals surface area contributed by atoms with E-state index in [1.807, 2.05) is 54.6 Å². The van der Waals surface area contributed by atoms with Gasteiger partial charge < -0.3 is 15.2 Å². The summed E-state index contributed by atoms with van der Waals surface area (Å²) in [4.78, 5) is 31.1. The number of nitrogens with zero attached hydrogens (tertiary/aromatic N) is 1. The van der Waals surface area contributed by atoms with Crippen LogP contribution >= 0.6 is 11.3 Å². The van der Waals surface area contributed by atoms with E-state index in [4.69, 9.17) is 4.74 Å². The summed E-state index contributed by atoms with van der Waals surface area (Å²) in [6, 6.07) is 18.5. The quantitative estimate of drug-likeness (QED) is 0.290. The fraction of sp³-hybridized carbons (Fsp3) is 0.387. The topological polar surface area (TPSA) is 88.5 Å². The first-order chi connectivity index (χ1) is 18.5. The maximum absolute atomic E-state index is 13.8. The van der Waals surface area contributed by atoms with Crippen molar-refractivity contribution in [1.29, 1.82) is 0 Å². The number of benzene rings is 3. The first-order valence-corrected chi connectivity index (χ1v) is 14.3. The van der Waals surface area contributed by atoms with E-state index in [0.717, 1.165) is 45.3 Å². The number of aromatic nitrogens is 1. The Labute approximate surface area is 225 Å². The van der Waals surface area contributed by atoms with Crippen LogP contribution in [-0.2, 0) is 11.4 Å². The molecule has 2 N–H and O–H groups in total. The number of carbonyl (C=O) groups excluding carboxylic acids is 1. The van der Waals surface area contributed by atoms with Gasteiger partial charge in [0.25, 0.3) is 5.91 Å².